The van der Waals surface area contributed by atoms with E-state index in [2.05, 4.69) is 56.6 Å². The van der Waals surface area contributed by atoms with Gasteiger partial charge in [-0.25, -0.2) is 9.37 Å². The van der Waals surface area contributed by atoms with Gasteiger partial charge in [-0.1, -0.05) is 19.1 Å². The molecule has 4 heteroatoms. The Bertz CT molecular complexity index is 713. The number of methoxy groups -OCH3 is 1. The van der Waals surface area contributed by atoms with Gasteiger partial charge in [-0.2, -0.15) is 0 Å². The molecule has 2 aromatic rings. The molecule has 1 aromatic heterocycles. The van der Waals surface area contributed by atoms with E-state index in [0.717, 1.165) is 29.8 Å². The first-order chi connectivity index (χ1) is 11.4. The van der Waals surface area contributed by atoms with Gasteiger partial charge >= 0.3 is 0 Å². The van der Waals surface area contributed by atoms with E-state index >= 15 is 0 Å². The van der Waals surface area contributed by atoms with Crippen molar-refractivity contribution in [2.75, 3.05) is 13.7 Å². The highest BCUT2D eigenvalue weighted by atomic mass is 19.1. The number of nitrogens with zero attached hydrogens (tertiary/aromatic N) is 2. The van der Waals surface area contributed by atoms with Gasteiger partial charge in [0.15, 0.2) is 0 Å². The summed E-state index contributed by atoms with van der Waals surface area (Å²) in [6.45, 7) is 12.4. The summed E-state index contributed by atoms with van der Waals surface area (Å²) in [6, 6.07) is 6.34. The van der Waals surface area contributed by atoms with E-state index in [1.165, 1.54) is 11.8 Å². The monoisotopic (exact) mass is 330 g/mol. The van der Waals surface area contributed by atoms with E-state index in [1.54, 1.807) is 13.2 Å². The van der Waals surface area contributed by atoms with Crippen molar-refractivity contribution in [1.82, 2.24) is 9.88 Å². The molecule has 0 unspecified atom stereocenters. The summed E-state index contributed by atoms with van der Waals surface area (Å²) in [7, 11) is 1.54. The van der Waals surface area contributed by atoms with Crippen LogP contribution in [-0.2, 0) is 6.54 Å². The van der Waals surface area contributed by atoms with E-state index in [4.69, 9.17) is 4.74 Å². The van der Waals surface area contributed by atoms with E-state index < -0.39 is 0 Å². The van der Waals surface area contributed by atoms with Gasteiger partial charge in [-0.15, -0.1) is 0 Å². The second-order valence-corrected chi connectivity index (χ2v) is 6.46. The van der Waals surface area contributed by atoms with Crippen molar-refractivity contribution in [3.63, 3.8) is 0 Å². The molecule has 0 aliphatic carbocycles. The fraction of sp³-hybridized carbons (Fsp3) is 0.450. The number of aromatic nitrogens is 1. The molecular weight excluding hydrogens is 303 g/mol. The zero-order valence-electron chi connectivity index (χ0n) is 15.5. The lowest BCUT2D eigenvalue weighted by Gasteiger charge is -2.26. The summed E-state index contributed by atoms with van der Waals surface area (Å²) in [5, 5.41) is 0. The zero-order valence-corrected chi connectivity index (χ0v) is 15.5. The average molecular weight is 330 g/mol. The Morgan fingerprint density at radius 3 is 2.38 bits per heavy atom. The number of hydrogen-bond donors (Lipinski definition) is 0. The highest BCUT2D eigenvalue weighted by Gasteiger charge is 2.16. The van der Waals surface area contributed by atoms with Gasteiger partial charge < -0.3 is 4.74 Å². The fourth-order valence-electron chi connectivity index (χ4n) is 2.87. The van der Waals surface area contributed by atoms with Crippen molar-refractivity contribution in [2.45, 2.75) is 47.2 Å². The highest BCUT2D eigenvalue weighted by molar-refractivity contribution is 5.70. The molecule has 0 saturated carbocycles. The number of aryl methyl sites for hydroxylation is 2. The molecule has 130 valence electrons. The molecule has 0 aliphatic heterocycles. The Kier molecular flexibility index (Phi) is 5.94. The van der Waals surface area contributed by atoms with Crippen molar-refractivity contribution in [3.05, 3.63) is 46.9 Å². The van der Waals surface area contributed by atoms with Gasteiger partial charge in [0.2, 0.25) is 5.88 Å². The molecule has 1 heterocycles. The van der Waals surface area contributed by atoms with Crippen molar-refractivity contribution in [3.8, 4) is 17.0 Å². The van der Waals surface area contributed by atoms with Gasteiger partial charge in [0.25, 0.3) is 0 Å². The van der Waals surface area contributed by atoms with Gasteiger partial charge in [-0.05, 0) is 56.5 Å². The third-order valence-corrected chi connectivity index (χ3v) is 4.56. The predicted molar refractivity (Wildman–Crippen MR) is 96.9 cm³/mol. The third kappa shape index (κ3) is 3.93. The molecule has 0 saturated heterocycles. The van der Waals surface area contributed by atoms with Gasteiger partial charge in [0.05, 0.1) is 13.3 Å². The van der Waals surface area contributed by atoms with Crippen molar-refractivity contribution < 1.29 is 9.13 Å². The van der Waals surface area contributed by atoms with Crippen LogP contribution in [0.3, 0.4) is 0 Å². The molecule has 0 bridgehead atoms. The van der Waals surface area contributed by atoms with Crippen LogP contribution in [0, 0.1) is 19.7 Å². The van der Waals surface area contributed by atoms with Gasteiger partial charge in [0, 0.05) is 24.2 Å². The first-order valence-corrected chi connectivity index (χ1v) is 8.41. The van der Waals surface area contributed by atoms with E-state index in [9.17, 15) is 4.39 Å². The number of ether oxygens (including phenoxy) is 1. The molecule has 0 aliphatic rings. The lowest BCUT2D eigenvalue weighted by atomic mass is 9.94. The number of benzene rings is 1. The average Bonchev–Trinajstić information content (AvgIpc) is 2.55. The summed E-state index contributed by atoms with van der Waals surface area (Å²) in [6.07, 6.45) is 1.23. The van der Waals surface area contributed by atoms with E-state index in [1.807, 2.05) is 0 Å². The maximum atomic E-state index is 14.5. The van der Waals surface area contributed by atoms with Crippen LogP contribution in [0.15, 0.2) is 24.4 Å². The maximum absolute atomic E-state index is 14.5. The molecular formula is C20H27FN2O. The maximum Gasteiger partial charge on any atom is 0.213 e. The Hall–Kier alpha value is -1.94. The molecule has 0 amide bonds. The van der Waals surface area contributed by atoms with Crippen LogP contribution < -0.4 is 4.74 Å². The second-order valence-electron chi connectivity index (χ2n) is 6.46. The number of halogens is 1. The molecule has 0 N–H and O–H groups in total. The minimum atomic E-state index is -0.326. The summed E-state index contributed by atoms with van der Waals surface area (Å²) < 4.78 is 19.6. The van der Waals surface area contributed by atoms with Gasteiger partial charge in [0.1, 0.15) is 5.82 Å². The lowest BCUT2D eigenvalue weighted by Crippen LogP contribution is -2.30. The summed E-state index contributed by atoms with van der Waals surface area (Å²) >= 11 is 0. The van der Waals surface area contributed by atoms with E-state index in [0.29, 0.717) is 17.5 Å². The van der Waals surface area contributed by atoms with Crippen LogP contribution in [0.5, 0.6) is 5.88 Å². The van der Waals surface area contributed by atoms with Crippen LogP contribution in [0.4, 0.5) is 4.39 Å². The molecule has 0 radical (unpaired) electrons. The molecule has 1 aromatic carbocycles. The van der Waals surface area contributed by atoms with Crippen LogP contribution in [-0.4, -0.2) is 29.6 Å². The first kappa shape index (κ1) is 18.4. The van der Waals surface area contributed by atoms with Crippen LogP contribution in [0.2, 0.25) is 0 Å². The van der Waals surface area contributed by atoms with Crippen molar-refractivity contribution in [1.29, 1.82) is 0 Å². The lowest BCUT2D eigenvalue weighted by molar-refractivity contribution is 0.225. The van der Waals surface area contributed by atoms with E-state index in [-0.39, 0.29) is 5.82 Å². The first-order valence-electron chi connectivity index (χ1n) is 8.41. The fourth-order valence-corrected chi connectivity index (χ4v) is 2.87. The van der Waals surface area contributed by atoms with Gasteiger partial charge in [-0.3, -0.25) is 4.90 Å². The SMILES string of the molecule is CCN(Cc1cc(C)c(C)cc1-c1cc(OC)ncc1F)C(C)C. The standard InChI is InChI=1S/C20H27FN2O/c1-7-23(13(2)3)12-16-8-14(4)15(5)9-17(16)18-10-20(24-6)22-11-19(18)21/h8-11,13H,7,12H2,1-6H3. The van der Waals surface area contributed by atoms with Crippen LogP contribution in [0.25, 0.3) is 11.1 Å². The molecule has 0 atom stereocenters. The minimum absolute atomic E-state index is 0.326. The Balaban J connectivity index is 2.58. The van der Waals surface area contributed by atoms with Crippen molar-refractivity contribution >= 4 is 0 Å². The van der Waals surface area contributed by atoms with Crippen LogP contribution in [0.1, 0.15) is 37.5 Å². The van der Waals surface area contributed by atoms with Crippen molar-refractivity contribution in [2.24, 2.45) is 0 Å². The number of pyridine rings is 1. The molecule has 0 spiro atoms. The van der Waals surface area contributed by atoms with Crippen LogP contribution >= 0.6 is 0 Å². The Morgan fingerprint density at radius 2 is 1.79 bits per heavy atom. The molecule has 3 nitrogen and oxygen atoms in total. The molecule has 0 fully saturated rings. The number of hydrogen-bond acceptors (Lipinski definition) is 3. The smallest absolute Gasteiger partial charge is 0.213 e. The predicted octanol–water partition coefficient (Wildman–Crippen LogP) is 4.74. The molecule has 2 rings (SSSR count). The Morgan fingerprint density at radius 1 is 1.12 bits per heavy atom. The summed E-state index contributed by atoms with van der Waals surface area (Å²) in [5.41, 5.74) is 4.95. The molecule has 24 heavy (non-hydrogen) atoms. The highest BCUT2D eigenvalue weighted by Crippen LogP contribution is 2.31. The summed E-state index contributed by atoms with van der Waals surface area (Å²) in [4.78, 5) is 6.32. The topological polar surface area (TPSA) is 25.4 Å². The Labute approximate surface area is 144 Å². The third-order valence-electron chi connectivity index (χ3n) is 4.56. The quantitative estimate of drug-likeness (QED) is 0.765. The number of rotatable bonds is 6. The normalized spacial score (nSPS) is 11.4. The summed E-state index contributed by atoms with van der Waals surface area (Å²) in [5.74, 6) is 0.0969. The minimum Gasteiger partial charge on any atom is -0.481 e. The zero-order chi connectivity index (χ0) is 17.9. The largest absolute Gasteiger partial charge is 0.481 e. The second kappa shape index (κ2) is 7.75.